The van der Waals surface area contributed by atoms with Crippen LogP contribution in [0.4, 0.5) is 13.2 Å². The van der Waals surface area contributed by atoms with Crippen LogP contribution in [-0.2, 0) is 0 Å². The predicted molar refractivity (Wildman–Crippen MR) is 104 cm³/mol. The Morgan fingerprint density at radius 1 is 1.17 bits per heavy atom. The maximum atomic E-state index is 12.4. The van der Waals surface area contributed by atoms with Crippen molar-refractivity contribution in [3.8, 4) is 0 Å². The van der Waals surface area contributed by atoms with E-state index in [0.29, 0.717) is 19.6 Å². The van der Waals surface area contributed by atoms with Crippen LogP contribution in [0.15, 0.2) is 4.99 Å². The Morgan fingerprint density at radius 2 is 1.92 bits per heavy atom. The molecule has 2 N–H and O–H groups in total. The molecule has 1 aliphatic heterocycles. The molecule has 8 heteroatoms. The molecule has 24 heavy (non-hydrogen) atoms. The first-order valence-corrected chi connectivity index (χ1v) is 8.76. The van der Waals surface area contributed by atoms with Crippen LogP contribution in [-0.4, -0.2) is 56.3 Å². The van der Waals surface area contributed by atoms with Crippen LogP contribution >= 0.6 is 24.0 Å². The van der Waals surface area contributed by atoms with Crippen molar-refractivity contribution in [3.63, 3.8) is 0 Å². The Balaban J connectivity index is 0.00000529. The number of nitrogens with one attached hydrogen (secondary N) is 2. The van der Waals surface area contributed by atoms with Gasteiger partial charge in [-0.1, -0.05) is 26.2 Å². The van der Waals surface area contributed by atoms with Crippen LogP contribution in [0.3, 0.4) is 0 Å². The number of unbranched alkanes of at least 4 members (excludes halogenated alkanes) is 3. The number of likely N-dealkylation sites (tertiary alicyclic amines) is 1. The van der Waals surface area contributed by atoms with Crippen LogP contribution in [0.5, 0.6) is 0 Å². The fraction of sp³-hybridized carbons (Fsp3) is 0.938. The number of guanidine groups is 1. The molecular formula is C16H32F3IN4. The van der Waals surface area contributed by atoms with Gasteiger partial charge in [0.1, 0.15) is 0 Å². The molecule has 1 fully saturated rings. The van der Waals surface area contributed by atoms with Gasteiger partial charge in [0.05, 0.1) is 6.54 Å². The minimum Gasteiger partial charge on any atom is -0.357 e. The van der Waals surface area contributed by atoms with Gasteiger partial charge in [0.2, 0.25) is 0 Å². The second kappa shape index (κ2) is 13.0. The van der Waals surface area contributed by atoms with Gasteiger partial charge in [-0.2, -0.15) is 13.2 Å². The zero-order chi connectivity index (χ0) is 17.1. The highest BCUT2D eigenvalue weighted by atomic mass is 127. The van der Waals surface area contributed by atoms with Gasteiger partial charge in [-0.25, -0.2) is 0 Å². The summed E-state index contributed by atoms with van der Waals surface area (Å²) in [5.74, 6) is 0.992. The normalized spacial score (nSPS) is 19.2. The number of rotatable bonds is 9. The van der Waals surface area contributed by atoms with Gasteiger partial charge in [-0.05, 0) is 32.2 Å². The van der Waals surface area contributed by atoms with Gasteiger partial charge in [0.15, 0.2) is 5.96 Å². The van der Waals surface area contributed by atoms with E-state index >= 15 is 0 Å². The largest absolute Gasteiger partial charge is 0.401 e. The third kappa shape index (κ3) is 11.3. The number of halogens is 4. The van der Waals surface area contributed by atoms with Gasteiger partial charge < -0.3 is 10.6 Å². The van der Waals surface area contributed by atoms with Crippen LogP contribution < -0.4 is 10.6 Å². The molecular weight excluding hydrogens is 432 g/mol. The van der Waals surface area contributed by atoms with Crippen molar-refractivity contribution in [3.05, 3.63) is 0 Å². The molecule has 0 saturated carbocycles. The summed E-state index contributed by atoms with van der Waals surface area (Å²) < 4.78 is 37.2. The van der Waals surface area contributed by atoms with E-state index in [2.05, 4.69) is 22.5 Å². The highest BCUT2D eigenvalue weighted by Crippen LogP contribution is 2.22. The summed E-state index contributed by atoms with van der Waals surface area (Å²) in [6.07, 6.45) is 1.46. The van der Waals surface area contributed by atoms with E-state index in [1.165, 1.54) is 24.2 Å². The molecule has 1 unspecified atom stereocenters. The lowest BCUT2D eigenvalue weighted by Crippen LogP contribution is -2.38. The van der Waals surface area contributed by atoms with E-state index in [4.69, 9.17) is 0 Å². The summed E-state index contributed by atoms with van der Waals surface area (Å²) >= 11 is 0. The number of hydrogen-bond acceptors (Lipinski definition) is 2. The highest BCUT2D eigenvalue weighted by Gasteiger charge is 2.34. The third-order valence-corrected chi connectivity index (χ3v) is 3.95. The number of nitrogens with zero attached hydrogens (tertiary/aromatic N) is 2. The molecule has 0 aliphatic carbocycles. The molecule has 4 nitrogen and oxygen atoms in total. The molecule has 1 rings (SSSR count). The van der Waals surface area contributed by atoms with E-state index in [1.807, 2.05) is 6.92 Å². The minimum absolute atomic E-state index is 0. The number of hydrogen-bond donors (Lipinski definition) is 2. The van der Waals surface area contributed by atoms with Crippen molar-refractivity contribution >= 4 is 29.9 Å². The molecule has 0 aromatic heterocycles. The van der Waals surface area contributed by atoms with E-state index in [1.54, 1.807) is 0 Å². The van der Waals surface area contributed by atoms with Crippen molar-refractivity contribution in [2.75, 3.05) is 39.3 Å². The average molecular weight is 464 g/mol. The third-order valence-electron chi connectivity index (χ3n) is 3.95. The molecule has 0 aromatic rings. The van der Waals surface area contributed by atoms with Crippen LogP contribution in [0, 0.1) is 5.92 Å². The summed E-state index contributed by atoms with van der Waals surface area (Å²) in [5.41, 5.74) is 0. The summed E-state index contributed by atoms with van der Waals surface area (Å²) in [4.78, 5) is 6.01. The standard InChI is InChI=1S/C16H31F3N4.HI/c1-3-5-6-7-9-21-15(20-4-2)22-11-14-8-10-23(12-14)13-16(17,18)19;/h14H,3-13H2,1-2H3,(H2,20,21,22);1H. The van der Waals surface area contributed by atoms with E-state index in [-0.39, 0.29) is 29.9 Å². The summed E-state index contributed by atoms with van der Waals surface area (Å²) in [7, 11) is 0. The molecule has 144 valence electrons. The van der Waals surface area contributed by atoms with Gasteiger partial charge in [0, 0.05) is 26.2 Å². The molecule has 1 saturated heterocycles. The Bertz CT molecular complexity index is 351. The van der Waals surface area contributed by atoms with E-state index < -0.39 is 12.7 Å². The van der Waals surface area contributed by atoms with Crippen molar-refractivity contribution in [1.82, 2.24) is 15.5 Å². The highest BCUT2D eigenvalue weighted by molar-refractivity contribution is 14.0. The Labute approximate surface area is 161 Å². The molecule has 1 aliphatic rings. The first-order chi connectivity index (χ1) is 10.9. The second-order valence-corrected chi connectivity index (χ2v) is 6.21. The van der Waals surface area contributed by atoms with E-state index in [9.17, 15) is 13.2 Å². The Morgan fingerprint density at radius 3 is 2.54 bits per heavy atom. The molecule has 0 spiro atoms. The molecule has 0 bridgehead atoms. The number of alkyl halides is 3. The quantitative estimate of drug-likeness (QED) is 0.237. The van der Waals surface area contributed by atoms with E-state index in [0.717, 1.165) is 31.9 Å². The molecule has 0 aromatic carbocycles. The van der Waals surface area contributed by atoms with Crippen molar-refractivity contribution in [2.24, 2.45) is 10.9 Å². The lowest BCUT2D eigenvalue weighted by atomic mass is 10.1. The zero-order valence-corrected chi connectivity index (χ0v) is 17.1. The number of aliphatic imine (C=N–C) groups is 1. The minimum atomic E-state index is -4.10. The van der Waals surface area contributed by atoms with Gasteiger partial charge in [-0.3, -0.25) is 9.89 Å². The second-order valence-electron chi connectivity index (χ2n) is 6.21. The SMILES string of the molecule is CCCCCCNC(=NCC1CCN(CC(F)(F)F)C1)NCC.I. The molecule has 1 heterocycles. The molecule has 0 radical (unpaired) electrons. The van der Waals surface area contributed by atoms with Crippen LogP contribution in [0.25, 0.3) is 0 Å². The first kappa shape index (κ1) is 23.8. The topological polar surface area (TPSA) is 39.7 Å². The Kier molecular flexibility index (Phi) is 12.9. The zero-order valence-electron chi connectivity index (χ0n) is 14.8. The lowest BCUT2D eigenvalue weighted by molar-refractivity contribution is -0.143. The first-order valence-electron chi connectivity index (χ1n) is 8.76. The van der Waals surface area contributed by atoms with Gasteiger partial charge in [0.25, 0.3) is 0 Å². The monoisotopic (exact) mass is 464 g/mol. The Hall–Kier alpha value is -0.250. The summed E-state index contributed by atoms with van der Waals surface area (Å²) in [5, 5.41) is 6.49. The smallest absolute Gasteiger partial charge is 0.357 e. The van der Waals surface area contributed by atoms with Gasteiger partial charge in [-0.15, -0.1) is 24.0 Å². The summed E-state index contributed by atoms with van der Waals surface area (Å²) in [6.45, 7) is 6.64. The maximum absolute atomic E-state index is 12.4. The maximum Gasteiger partial charge on any atom is 0.401 e. The van der Waals surface area contributed by atoms with Crippen LogP contribution in [0.1, 0.15) is 46.0 Å². The summed E-state index contributed by atoms with van der Waals surface area (Å²) in [6, 6.07) is 0. The fourth-order valence-corrected chi connectivity index (χ4v) is 2.78. The van der Waals surface area contributed by atoms with Crippen molar-refractivity contribution < 1.29 is 13.2 Å². The van der Waals surface area contributed by atoms with Crippen molar-refractivity contribution in [1.29, 1.82) is 0 Å². The van der Waals surface area contributed by atoms with Crippen LogP contribution in [0.2, 0.25) is 0 Å². The average Bonchev–Trinajstić information content (AvgIpc) is 2.89. The molecule has 0 amide bonds. The fourth-order valence-electron chi connectivity index (χ4n) is 2.78. The van der Waals surface area contributed by atoms with Crippen molar-refractivity contribution in [2.45, 2.75) is 52.1 Å². The molecule has 1 atom stereocenters. The lowest BCUT2D eigenvalue weighted by Gasteiger charge is -2.17. The predicted octanol–water partition coefficient (Wildman–Crippen LogP) is 3.62. The van der Waals surface area contributed by atoms with Gasteiger partial charge >= 0.3 is 6.18 Å².